The summed E-state index contributed by atoms with van der Waals surface area (Å²) >= 11 is 0. The molecule has 0 saturated heterocycles. The van der Waals surface area contributed by atoms with Crippen molar-refractivity contribution in [2.75, 3.05) is 7.11 Å². The third-order valence-corrected chi connectivity index (χ3v) is 5.76. The summed E-state index contributed by atoms with van der Waals surface area (Å²) in [7, 11) is -2.32. The molecule has 9 heteroatoms. The van der Waals surface area contributed by atoms with E-state index in [9.17, 15) is 13.2 Å². The van der Waals surface area contributed by atoms with E-state index in [4.69, 9.17) is 14.6 Å². The first-order valence-electron chi connectivity index (χ1n) is 9.54. The Morgan fingerprint density at radius 3 is 2.38 bits per heavy atom. The highest BCUT2D eigenvalue weighted by Crippen LogP contribution is 2.31. The molecule has 0 bridgehead atoms. The molecule has 32 heavy (non-hydrogen) atoms. The van der Waals surface area contributed by atoms with Crippen molar-refractivity contribution < 1.29 is 27.8 Å². The van der Waals surface area contributed by atoms with Gasteiger partial charge in [0.25, 0.3) is 10.0 Å². The molecule has 0 aliphatic carbocycles. The van der Waals surface area contributed by atoms with Crippen molar-refractivity contribution in [2.24, 2.45) is 5.10 Å². The number of hydrogen-bond acceptors (Lipinski definition) is 6. The number of ether oxygens (including phenoxy) is 2. The molecule has 0 aliphatic heterocycles. The number of aryl methyl sites for hydroxylation is 1. The normalized spacial score (nSPS) is 11.3. The van der Waals surface area contributed by atoms with Crippen LogP contribution in [0.5, 0.6) is 11.5 Å². The summed E-state index contributed by atoms with van der Waals surface area (Å²) in [5.41, 5.74) is 2.38. The van der Waals surface area contributed by atoms with Gasteiger partial charge < -0.3 is 14.6 Å². The van der Waals surface area contributed by atoms with Gasteiger partial charge in [0, 0.05) is 5.56 Å². The zero-order valence-corrected chi connectivity index (χ0v) is 18.3. The number of aromatic carboxylic acids is 1. The Balaban J connectivity index is 1.76. The van der Waals surface area contributed by atoms with Gasteiger partial charge in [0.1, 0.15) is 6.61 Å². The molecule has 0 radical (unpaired) electrons. The predicted octanol–water partition coefficient (Wildman–Crippen LogP) is 3.59. The van der Waals surface area contributed by atoms with Crippen molar-refractivity contribution in [1.29, 1.82) is 0 Å². The maximum absolute atomic E-state index is 12.4. The van der Waals surface area contributed by atoms with E-state index < -0.39 is 16.0 Å². The lowest BCUT2D eigenvalue weighted by Gasteiger charge is -2.13. The third-order valence-electron chi connectivity index (χ3n) is 4.52. The highest BCUT2D eigenvalue weighted by atomic mass is 32.2. The van der Waals surface area contributed by atoms with Crippen LogP contribution in [0, 0.1) is 6.92 Å². The van der Waals surface area contributed by atoms with Gasteiger partial charge in [0.2, 0.25) is 0 Å². The van der Waals surface area contributed by atoms with E-state index in [-0.39, 0.29) is 17.1 Å². The van der Waals surface area contributed by atoms with Gasteiger partial charge in [-0.25, -0.2) is 9.63 Å². The van der Waals surface area contributed by atoms with E-state index in [1.807, 2.05) is 6.92 Å². The number of hydrogen-bond donors (Lipinski definition) is 2. The molecule has 0 atom stereocenters. The summed E-state index contributed by atoms with van der Waals surface area (Å²) in [6.07, 6.45) is 1.33. The Kier molecular flexibility index (Phi) is 7.11. The van der Waals surface area contributed by atoms with Gasteiger partial charge in [-0.2, -0.15) is 13.5 Å². The van der Waals surface area contributed by atoms with Gasteiger partial charge in [-0.15, -0.1) is 0 Å². The van der Waals surface area contributed by atoms with E-state index in [0.29, 0.717) is 17.1 Å². The molecule has 0 heterocycles. The van der Waals surface area contributed by atoms with Gasteiger partial charge in [-0.05, 0) is 48.9 Å². The first-order chi connectivity index (χ1) is 15.3. The molecule has 0 fully saturated rings. The molecule has 3 aromatic rings. The first-order valence-corrected chi connectivity index (χ1v) is 11.0. The van der Waals surface area contributed by atoms with Crippen LogP contribution >= 0.6 is 0 Å². The molecule has 0 saturated carbocycles. The van der Waals surface area contributed by atoms with E-state index in [1.54, 1.807) is 42.5 Å². The fraction of sp³-hybridized carbons (Fsp3) is 0.130. The minimum absolute atomic E-state index is 0.104. The van der Waals surface area contributed by atoms with Crippen molar-refractivity contribution in [3.8, 4) is 11.5 Å². The van der Waals surface area contributed by atoms with Crippen LogP contribution in [-0.2, 0) is 16.6 Å². The molecule has 0 aliphatic rings. The van der Waals surface area contributed by atoms with E-state index in [1.165, 1.54) is 37.6 Å². The SMILES string of the molecule is COc1cccc(/C=N\NS(=O)(=O)c2ccc(C)cc2)c1OCc1ccc(C(=O)O)cc1. The van der Waals surface area contributed by atoms with Gasteiger partial charge in [-0.1, -0.05) is 35.9 Å². The second-order valence-corrected chi connectivity index (χ2v) is 8.50. The number of benzene rings is 3. The topological polar surface area (TPSA) is 114 Å². The monoisotopic (exact) mass is 454 g/mol. The standard InChI is InChI=1S/C23H22N2O6S/c1-16-6-12-20(13-7-16)32(28,29)25-24-14-19-4-3-5-21(30-2)22(19)31-15-17-8-10-18(11-9-17)23(26)27/h3-14,25H,15H2,1-2H3,(H,26,27)/b24-14-. The number of nitrogens with zero attached hydrogens (tertiary/aromatic N) is 1. The Labute approximate surface area is 186 Å². The summed E-state index contributed by atoms with van der Waals surface area (Å²) in [6, 6.07) is 17.8. The van der Waals surface area contributed by atoms with Crippen molar-refractivity contribution in [3.05, 3.63) is 89.0 Å². The van der Waals surface area contributed by atoms with Crippen LogP contribution in [0.15, 0.2) is 76.7 Å². The number of rotatable bonds is 9. The molecule has 166 valence electrons. The van der Waals surface area contributed by atoms with Gasteiger partial charge in [0.05, 0.1) is 23.8 Å². The highest BCUT2D eigenvalue weighted by Gasteiger charge is 2.13. The van der Waals surface area contributed by atoms with Gasteiger partial charge in [-0.3, -0.25) is 0 Å². The van der Waals surface area contributed by atoms with Gasteiger partial charge in [0.15, 0.2) is 11.5 Å². The number of sulfonamides is 1. The average molecular weight is 455 g/mol. The number of hydrazone groups is 1. The highest BCUT2D eigenvalue weighted by molar-refractivity contribution is 7.89. The molecule has 8 nitrogen and oxygen atoms in total. The molecule has 0 unspecified atom stereocenters. The Bertz CT molecular complexity index is 1220. The van der Waals surface area contributed by atoms with Crippen LogP contribution in [0.1, 0.15) is 27.0 Å². The zero-order valence-electron chi connectivity index (χ0n) is 17.5. The zero-order chi connectivity index (χ0) is 23.1. The number of carbonyl (C=O) groups is 1. The second kappa shape index (κ2) is 9.97. The van der Waals surface area contributed by atoms with E-state index in [0.717, 1.165) is 11.1 Å². The third kappa shape index (κ3) is 5.64. The van der Waals surface area contributed by atoms with E-state index >= 15 is 0 Å². The summed E-state index contributed by atoms with van der Waals surface area (Å²) < 4.78 is 36.0. The molecular formula is C23H22N2O6S. The lowest BCUT2D eigenvalue weighted by Crippen LogP contribution is -2.18. The minimum Gasteiger partial charge on any atom is -0.493 e. The van der Waals surface area contributed by atoms with Crippen LogP contribution < -0.4 is 14.3 Å². The summed E-state index contributed by atoms with van der Waals surface area (Å²) in [4.78, 5) is 13.3. The molecule has 0 spiro atoms. The lowest BCUT2D eigenvalue weighted by molar-refractivity contribution is 0.0697. The summed E-state index contributed by atoms with van der Waals surface area (Å²) in [6.45, 7) is 2.02. The largest absolute Gasteiger partial charge is 0.493 e. The van der Waals surface area contributed by atoms with Crippen LogP contribution in [0.2, 0.25) is 0 Å². The number of methoxy groups -OCH3 is 1. The summed E-state index contributed by atoms with van der Waals surface area (Å²) in [5, 5.41) is 12.9. The Morgan fingerprint density at radius 2 is 1.75 bits per heavy atom. The number of carboxylic acid groups (broad SMARTS) is 1. The summed E-state index contributed by atoms with van der Waals surface area (Å²) in [5.74, 6) is -0.193. The molecule has 3 aromatic carbocycles. The van der Waals surface area contributed by atoms with E-state index in [2.05, 4.69) is 9.93 Å². The van der Waals surface area contributed by atoms with Crippen LogP contribution in [0.25, 0.3) is 0 Å². The maximum Gasteiger partial charge on any atom is 0.335 e. The molecule has 2 N–H and O–H groups in total. The minimum atomic E-state index is -3.81. The second-order valence-electron chi connectivity index (χ2n) is 6.84. The maximum atomic E-state index is 12.4. The number of nitrogens with one attached hydrogen (secondary N) is 1. The molecule has 3 rings (SSSR count). The fourth-order valence-electron chi connectivity index (χ4n) is 2.78. The predicted molar refractivity (Wildman–Crippen MR) is 120 cm³/mol. The van der Waals surface area contributed by atoms with Crippen LogP contribution in [0.3, 0.4) is 0 Å². The first kappa shape index (κ1) is 22.8. The molecule has 0 aromatic heterocycles. The van der Waals surface area contributed by atoms with Crippen molar-refractivity contribution >= 4 is 22.2 Å². The molecule has 0 amide bonds. The van der Waals surface area contributed by atoms with Crippen LogP contribution in [0.4, 0.5) is 0 Å². The number of para-hydroxylation sites is 1. The Morgan fingerprint density at radius 1 is 1.06 bits per heavy atom. The van der Waals surface area contributed by atoms with Crippen molar-refractivity contribution in [2.45, 2.75) is 18.4 Å². The Hall–Kier alpha value is -3.85. The smallest absolute Gasteiger partial charge is 0.335 e. The molecular weight excluding hydrogens is 432 g/mol. The fourth-order valence-corrected chi connectivity index (χ4v) is 3.58. The van der Waals surface area contributed by atoms with Crippen molar-refractivity contribution in [1.82, 2.24) is 4.83 Å². The quantitative estimate of drug-likeness (QED) is 0.377. The number of carboxylic acids is 1. The van der Waals surface area contributed by atoms with Crippen LogP contribution in [-0.4, -0.2) is 32.8 Å². The van der Waals surface area contributed by atoms with Gasteiger partial charge >= 0.3 is 5.97 Å². The lowest BCUT2D eigenvalue weighted by atomic mass is 10.1. The van der Waals surface area contributed by atoms with Crippen molar-refractivity contribution in [3.63, 3.8) is 0 Å². The average Bonchev–Trinajstić information content (AvgIpc) is 2.78.